The first-order valence-electron chi connectivity index (χ1n) is 7.52. The van der Waals surface area contributed by atoms with Gasteiger partial charge in [0.25, 0.3) is 0 Å². The van der Waals surface area contributed by atoms with Crippen LogP contribution in [0.2, 0.25) is 0 Å². The summed E-state index contributed by atoms with van der Waals surface area (Å²) < 4.78 is 0. The maximum atomic E-state index is 3.81. The van der Waals surface area contributed by atoms with Crippen LogP contribution >= 0.6 is 8.07 Å². The van der Waals surface area contributed by atoms with Crippen molar-refractivity contribution in [3.63, 3.8) is 0 Å². The Bertz CT molecular complexity index is 478. The van der Waals surface area contributed by atoms with Crippen molar-refractivity contribution < 1.29 is 0 Å². The molecule has 0 amide bonds. The van der Waals surface area contributed by atoms with E-state index < -0.39 is 0 Å². The molecule has 104 valence electrons. The second-order valence-corrected chi connectivity index (χ2v) is 7.73. The van der Waals surface area contributed by atoms with Crippen molar-refractivity contribution >= 4 is 8.07 Å². The lowest BCUT2D eigenvalue weighted by Gasteiger charge is -2.27. The number of hydrogen-bond donors (Lipinski definition) is 1. The monoisotopic (exact) mass is 283 g/mol. The SMILES string of the molecule is CCNP1[C@@H](c2ccccc2)CC[C@@H]1c1ccccc1. The largest absolute Gasteiger partial charge is 0.295 e. The lowest BCUT2D eigenvalue weighted by Crippen LogP contribution is -2.11. The third-order valence-electron chi connectivity index (χ3n) is 4.09. The zero-order valence-electron chi connectivity index (χ0n) is 12.0. The minimum Gasteiger partial charge on any atom is -0.295 e. The molecule has 0 spiro atoms. The van der Waals surface area contributed by atoms with Gasteiger partial charge in [-0.05, 0) is 38.6 Å². The summed E-state index contributed by atoms with van der Waals surface area (Å²) in [6.45, 7) is 3.29. The first-order valence-corrected chi connectivity index (χ1v) is 9.00. The molecule has 1 aliphatic heterocycles. The standard InChI is InChI=1S/C18H22NP/c1-2-19-20-17(15-9-5-3-6-10-15)13-14-18(20)16-11-7-4-8-12-16/h3-12,17-19H,2,13-14H2,1H3/t17-,18-/m1/s1. The molecule has 2 heteroatoms. The fraction of sp³-hybridized carbons (Fsp3) is 0.333. The van der Waals surface area contributed by atoms with Gasteiger partial charge in [-0.25, -0.2) is 0 Å². The Morgan fingerprint density at radius 1 is 0.850 bits per heavy atom. The Balaban J connectivity index is 1.87. The Kier molecular flexibility index (Phi) is 4.50. The normalized spacial score (nSPS) is 23.1. The number of benzene rings is 2. The average Bonchev–Trinajstić information content (AvgIpc) is 2.93. The molecule has 0 radical (unpaired) electrons. The van der Waals surface area contributed by atoms with Gasteiger partial charge >= 0.3 is 0 Å². The fourth-order valence-corrected chi connectivity index (χ4v) is 6.30. The summed E-state index contributed by atoms with van der Waals surface area (Å²) in [7, 11) is -0.175. The third-order valence-corrected chi connectivity index (χ3v) is 7.23. The van der Waals surface area contributed by atoms with Crippen LogP contribution in [-0.2, 0) is 0 Å². The van der Waals surface area contributed by atoms with Crippen molar-refractivity contribution in [2.45, 2.75) is 31.1 Å². The first-order chi connectivity index (χ1) is 9.90. The average molecular weight is 283 g/mol. The number of nitrogens with one attached hydrogen (secondary N) is 1. The molecule has 1 N–H and O–H groups in total. The molecular weight excluding hydrogens is 261 g/mol. The lowest BCUT2D eigenvalue weighted by atomic mass is 10.0. The Morgan fingerprint density at radius 2 is 1.30 bits per heavy atom. The van der Waals surface area contributed by atoms with E-state index in [2.05, 4.69) is 72.7 Å². The van der Waals surface area contributed by atoms with E-state index in [1.165, 1.54) is 24.0 Å². The van der Waals surface area contributed by atoms with E-state index >= 15 is 0 Å². The molecule has 1 fully saturated rings. The third kappa shape index (κ3) is 2.80. The van der Waals surface area contributed by atoms with Crippen LogP contribution in [0.5, 0.6) is 0 Å². The van der Waals surface area contributed by atoms with Crippen molar-refractivity contribution in [1.29, 1.82) is 0 Å². The Hall–Kier alpha value is -1.17. The van der Waals surface area contributed by atoms with E-state index in [9.17, 15) is 0 Å². The molecule has 2 atom stereocenters. The van der Waals surface area contributed by atoms with Gasteiger partial charge < -0.3 is 0 Å². The van der Waals surface area contributed by atoms with Crippen molar-refractivity contribution in [3.05, 3.63) is 71.8 Å². The van der Waals surface area contributed by atoms with E-state index in [0.717, 1.165) is 6.54 Å². The van der Waals surface area contributed by atoms with Crippen LogP contribution in [-0.4, -0.2) is 6.54 Å². The molecule has 2 aromatic carbocycles. The predicted octanol–water partition coefficient (Wildman–Crippen LogP) is 5.27. The molecule has 1 nitrogen and oxygen atoms in total. The van der Waals surface area contributed by atoms with Crippen LogP contribution in [0.15, 0.2) is 60.7 Å². The summed E-state index contributed by atoms with van der Waals surface area (Å²) in [6.07, 6.45) is 2.62. The van der Waals surface area contributed by atoms with Crippen molar-refractivity contribution in [2.75, 3.05) is 6.54 Å². The van der Waals surface area contributed by atoms with Crippen LogP contribution in [0.3, 0.4) is 0 Å². The van der Waals surface area contributed by atoms with Crippen LogP contribution in [0.25, 0.3) is 0 Å². The van der Waals surface area contributed by atoms with E-state index in [4.69, 9.17) is 0 Å². The van der Waals surface area contributed by atoms with Gasteiger partial charge in [0.15, 0.2) is 0 Å². The molecule has 0 bridgehead atoms. The van der Waals surface area contributed by atoms with E-state index in [1.54, 1.807) is 0 Å². The summed E-state index contributed by atoms with van der Waals surface area (Å²) in [4.78, 5) is 0. The van der Waals surface area contributed by atoms with Gasteiger partial charge in [-0.3, -0.25) is 5.09 Å². The highest BCUT2D eigenvalue weighted by molar-refractivity contribution is 7.56. The summed E-state index contributed by atoms with van der Waals surface area (Å²) in [5, 5.41) is 3.81. The first kappa shape index (κ1) is 13.8. The topological polar surface area (TPSA) is 12.0 Å². The highest BCUT2D eigenvalue weighted by Gasteiger charge is 2.36. The second-order valence-electron chi connectivity index (χ2n) is 5.35. The molecule has 3 rings (SSSR count). The van der Waals surface area contributed by atoms with Gasteiger partial charge in [0.1, 0.15) is 0 Å². The number of rotatable bonds is 4. The van der Waals surface area contributed by atoms with Crippen LogP contribution in [0.4, 0.5) is 0 Å². The Labute approximate surface area is 123 Å². The van der Waals surface area contributed by atoms with E-state index in [-0.39, 0.29) is 8.07 Å². The van der Waals surface area contributed by atoms with Crippen molar-refractivity contribution in [1.82, 2.24) is 5.09 Å². The van der Waals surface area contributed by atoms with E-state index in [1.807, 2.05) is 0 Å². The molecule has 20 heavy (non-hydrogen) atoms. The molecule has 0 aliphatic carbocycles. The minimum atomic E-state index is -0.175. The molecule has 1 saturated heterocycles. The van der Waals surface area contributed by atoms with Crippen molar-refractivity contribution in [3.8, 4) is 0 Å². The molecule has 0 unspecified atom stereocenters. The molecule has 2 aromatic rings. The fourth-order valence-electron chi connectivity index (χ4n) is 3.22. The van der Waals surface area contributed by atoms with Gasteiger partial charge in [0.05, 0.1) is 0 Å². The predicted molar refractivity (Wildman–Crippen MR) is 88.2 cm³/mol. The molecule has 1 aliphatic rings. The van der Waals surface area contributed by atoms with Gasteiger partial charge in [-0.2, -0.15) is 0 Å². The van der Waals surface area contributed by atoms with Gasteiger partial charge in [-0.15, -0.1) is 0 Å². The molecule has 1 heterocycles. The van der Waals surface area contributed by atoms with Gasteiger partial charge in [0.2, 0.25) is 0 Å². The maximum absolute atomic E-state index is 3.81. The molecular formula is C18H22NP. The molecule has 0 aromatic heterocycles. The highest BCUT2D eigenvalue weighted by atomic mass is 31.1. The summed E-state index contributed by atoms with van der Waals surface area (Å²) >= 11 is 0. The molecule has 0 saturated carbocycles. The van der Waals surface area contributed by atoms with Crippen LogP contribution < -0.4 is 5.09 Å². The summed E-state index contributed by atoms with van der Waals surface area (Å²) in [5.74, 6) is 0. The summed E-state index contributed by atoms with van der Waals surface area (Å²) in [5.41, 5.74) is 4.43. The minimum absolute atomic E-state index is 0.175. The van der Waals surface area contributed by atoms with Crippen LogP contribution in [0.1, 0.15) is 42.2 Å². The van der Waals surface area contributed by atoms with Gasteiger partial charge in [0, 0.05) is 11.3 Å². The maximum Gasteiger partial charge on any atom is 0.0178 e. The lowest BCUT2D eigenvalue weighted by molar-refractivity contribution is 0.765. The van der Waals surface area contributed by atoms with Crippen LogP contribution in [0, 0.1) is 0 Å². The second kappa shape index (κ2) is 6.52. The zero-order valence-corrected chi connectivity index (χ0v) is 12.9. The quantitative estimate of drug-likeness (QED) is 0.754. The smallest absolute Gasteiger partial charge is 0.0178 e. The highest BCUT2D eigenvalue weighted by Crippen LogP contribution is 2.67. The number of hydrogen-bond acceptors (Lipinski definition) is 1. The van der Waals surface area contributed by atoms with E-state index in [0.29, 0.717) is 11.3 Å². The summed E-state index contributed by atoms with van der Waals surface area (Å²) in [6, 6.07) is 22.1. The van der Waals surface area contributed by atoms with Crippen molar-refractivity contribution in [2.24, 2.45) is 0 Å². The zero-order chi connectivity index (χ0) is 13.8. The Morgan fingerprint density at radius 3 is 1.70 bits per heavy atom. The van der Waals surface area contributed by atoms with Gasteiger partial charge in [-0.1, -0.05) is 67.6 Å².